The predicted octanol–water partition coefficient (Wildman–Crippen LogP) is 0.363. The van der Waals surface area contributed by atoms with Gasteiger partial charge in [-0.3, -0.25) is 9.59 Å². The molecule has 122 valence electrons. The molecule has 0 bridgehead atoms. The fourth-order valence-corrected chi connectivity index (χ4v) is 2.66. The number of aliphatic hydroxyl groups excluding tert-OH is 1. The van der Waals surface area contributed by atoms with Crippen LogP contribution >= 0.6 is 0 Å². The average Bonchev–Trinajstić information content (AvgIpc) is 3.14. The van der Waals surface area contributed by atoms with Gasteiger partial charge in [-0.25, -0.2) is 4.90 Å². The van der Waals surface area contributed by atoms with E-state index in [9.17, 15) is 14.8 Å². The molecule has 1 aromatic rings. The predicted molar refractivity (Wildman–Crippen MR) is 75.7 cm³/mol. The van der Waals surface area contributed by atoms with Crippen LogP contribution in [0.15, 0.2) is 29.5 Å². The van der Waals surface area contributed by atoms with Crippen molar-refractivity contribution in [3.8, 4) is 0 Å². The smallest absolute Gasteiger partial charge is 0.264 e. The summed E-state index contributed by atoms with van der Waals surface area (Å²) in [7, 11) is 0. The van der Waals surface area contributed by atoms with Gasteiger partial charge in [-0.05, 0) is 18.6 Å². The molecule has 1 fully saturated rings. The molecule has 2 heterocycles. The zero-order chi connectivity index (χ0) is 16.4. The number of imide groups is 1. The highest BCUT2D eigenvalue weighted by Crippen LogP contribution is 2.22. The van der Waals surface area contributed by atoms with E-state index in [1.165, 1.54) is 5.01 Å². The number of carbonyl (C=O) groups excluding carboxylic acids is 2. The van der Waals surface area contributed by atoms with E-state index >= 15 is 0 Å². The molecule has 0 aromatic heterocycles. The summed E-state index contributed by atoms with van der Waals surface area (Å²) in [6, 6.07) is 6.46. The van der Waals surface area contributed by atoms with E-state index in [0.717, 1.165) is 4.90 Å². The minimum Gasteiger partial charge on any atom is -0.569 e. The van der Waals surface area contributed by atoms with E-state index in [4.69, 9.17) is 9.94 Å². The first-order valence-electron chi connectivity index (χ1n) is 7.23. The van der Waals surface area contributed by atoms with Gasteiger partial charge in [0.15, 0.2) is 0 Å². The molecule has 23 heavy (non-hydrogen) atoms. The number of rotatable bonds is 5. The number of hydrazine groups is 1. The first-order chi connectivity index (χ1) is 11.1. The molecule has 1 unspecified atom stereocenters. The zero-order valence-electron chi connectivity index (χ0n) is 12.3. The topological polar surface area (TPSA) is 109 Å². The summed E-state index contributed by atoms with van der Waals surface area (Å²) in [4.78, 5) is 30.2. The molecule has 2 aliphatic heterocycles. The third-order valence-electron chi connectivity index (χ3n) is 3.96. The lowest BCUT2D eigenvalue weighted by molar-refractivity contribution is -0.708. The van der Waals surface area contributed by atoms with E-state index in [1.54, 1.807) is 24.3 Å². The van der Waals surface area contributed by atoms with E-state index in [-0.39, 0.29) is 17.5 Å². The molecule has 9 heteroatoms. The van der Waals surface area contributed by atoms with Crippen molar-refractivity contribution >= 4 is 11.8 Å². The van der Waals surface area contributed by atoms with Crippen LogP contribution in [0, 0.1) is 11.1 Å². The van der Waals surface area contributed by atoms with Crippen molar-refractivity contribution < 1.29 is 24.5 Å². The van der Waals surface area contributed by atoms with Crippen molar-refractivity contribution in [1.82, 2.24) is 9.91 Å². The molecule has 1 atom stereocenters. The molecule has 1 saturated heterocycles. The lowest BCUT2D eigenvalue weighted by atomic mass is 10.1. The second kappa shape index (κ2) is 6.21. The van der Waals surface area contributed by atoms with Crippen molar-refractivity contribution in [3.63, 3.8) is 0 Å². The van der Waals surface area contributed by atoms with Crippen molar-refractivity contribution in [3.05, 3.63) is 40.6 Å². The quantitative estimate of drug-likeness (QED) is 0.363. The van der Waals surface area contributed by atoms with Crippen LogP contribution in [0.2, 0.25) is 0 Å². The molecule has 0 aliphatic carbocycles. The van der Waals surface area contributed by atoms with Crippen LogP contribution in [0.25, 0.3) is 0 Å². The maximum atomic E-state index is 12.1. The number of hydrogen-bond donors (Lipinski definition) is 1. The molecule has 2 aliphatic rings. The van der Waals surface area contributed by atoms with Gasteiger partial charge in [-0.1, -0.05) is 12.1 Å². The maximum absolute atomic E-state index is 12.1. The van der Waals surface area contributed by atoms with E-state index in [0.29, 0.717) is 30.6 Å². The van der Waals surface area contributed by atoms with Gasteiger partial charge >= 0.3 is 0 Å². The van der Waals surface area contributed by atoms with Crippen LogP contribution in [0.1, 0.15) is 27.1 Å². The number of amides is 2. The van der Waals surface area contributed by atoms with Gasteiger partial charge in [0.2, 0.25) is 12.0 Å². The molecule has 2 amide bonds. The Morgan fingerprint density at radius 1 is 1.30 bits per heavy atom. The first kappa shape index (κ1) is 15.2. The summed E-state index contributed by atoms with van der Waals surface area (Å²) in [5.41, 5.74) is 0.621. The Balaban J connectivity index is 1.58. The number of nitrogens with zero attached hydrogens (tertiary/aromatic N) is 4. The summed E-state index contributed by atoms with van der Waals surface area (Å²) in [5, 5.41) is 25.5. The van der Waals surface area contributed by atoms with Gasteiger partial charge in [0.05, 0.1) is 29.2 Å². The fraction of sp³-hybridized carbons (Fsp3) is 0.429. The Hall–Kier alpha value is -2.68. The van der Waals surface area contributed by atoms with Crippen molar-refractivity contribution in [2.75, 3.05) is 26.4 Å². The van der Waals surface area contributed by atoms with E-state index < -0.39 is 18.5 Å². The number of benzene rings is 1. The Morgan fingerprint density at radius 2 is 1.96 bits per heavy atom. The van der Waals surface area contributed by atoms with Gasteiger partial charge in [0, 0.05) is 12.5 Å². The molecule has 9 nitrogen and oxygen atoms in total. The normalized spacial score (nSPS) is 21.1. The molecular weight excluding hydrogens is 304 g/mol. The Kier molecular flexibility index (Phi) is 4.11. The van der Waals surface area contributed by atoms with Gasteiger partial charge in [-0.2, -0.15) is 0 Å². The van der Waals surface area contributed by atoms with Gasteiger partial charge < -0.3 is 15.2 Å². The highest BCUT2D eigenvalue weighted by molar-refractivity contribution is 6.21. The molecule has 1 aromatic carbocycles. The zero-order valence-corrected chi connectivity index (χ0v) is 12.3. The van der Waals surface area contributed by atoms with Crippen molar-refractivity contribution in [1.29, 1.82) is 0 Å². The van der Waals surface area contributed by atoms with Gasteiger partial charge in [0.25, 0.3) is 11.8 Å². The largest absolute Gasteiger partial charge is 0.569 e. The highest BCUT2D eigenvalue weighted by Gasteiger charge is 2.36. The monoisotopic (exact) mass is 320 g/mol. The first-order valence-corrected chi connectivity index (χ1v) is 7.23. The molecule has 0 radical (unpaired) electrons. The second-order valence-electron chi connectivity index (χ2n) is 5.43. The standard InChI is InChI=1S/C14H16N4O5/c19-8-10-5-6-16(7-10)18(22)15-23-9-17-13(20)11-3-1-2-4-12(11)14(17)21/h1-4,10,19H,5-9H2/b18-15-. The minimum atomic E-state index is -0.472. The molecule has 0 spiro atoms. The third kappa shape index (κ3) is 2.82. The lowest BCUT2D eigenvalue weighted by Crippen LogP contribution is -2.33. The molecular formula is C14H16N4O5. The van der Waals surface area contributed by atoms with Crippen LogP contribution in [-0.2, 0) is 4.84 Å². The lowest BCUT2D eigenvalue weighted by Gasteiger charge is -2.13. The summed E-state index contributed by atoms with van der Waals surface area (Å²) in [5.74, 6) is -0.905. The summed E-state index contributed by atoms with van der Waals surface area (Å²) >= 11 is 0. The van der Waals surface area contributed by atoms with Crippen LogP contribution < -0.4 is 0 Å². The Bertz CT molecular complexity index is 627. The van der Waals surface area contributed by atoms with Crippen molar-refractivity contribution in [2.24, 2.45) is 11.2 Å². The van der Waals surface area contributed by atoms with Gasteiger partial charge in [-0.15, -0.1) is 5.01 Å². The number of fused-ring (bicyclic) bond motifs is 1. The van der Waals surface area contributed by atoms with Crippen LogP contribution in [-0.4, -0.2) is 58.2 Å². The minimum absolute atomic E-state index is 0.0141. The SMILES string of the molecule is O=C1c2ccccc2C(=O)N1CO/N=[N+](\[O-])N1CCC(CO)C1. The molecule has 3 rings (SSSR count). The highest BCUT2D eigenvalue weighted by atomic mass is 16.7. The van der Waals surface area contributed by atoms with Crippen LogP contribution in [0.3, 0.4) is 0 Å². The Morgan fingerprint density at radius 3 is 2.52 bits per heavy atom. The average molecular weight is 320 g/mol. The van der Waals surface area contributed by atoms with E-state index in [2.05, 4.69) is 5.28 Å². The summed E-state index contributed by atoms with van der Waals surface area (Å²) in [6.07, 6.45) is 0.698. The van der Waals surface area contributed by atoms with E-state index in [1.807, 2.05) is 0 Å². The third-order valence-corrected chi connectivity index (χ3v) is 3.96. The van der Waals surface area contributed by atoms with Crippen LogP contribution in [0.5, 0.6) is 0 Å². The van der Waals surface area contributed by atoms with Crippen LogP contribution in [0.4, 0.5) is 0 Å². The second-order valence-corrected chi connectivity index (χ2v) is 5.43. The summed E-state index contributed by atoms with van der Waals surface area (Å²) in [6.45, 7) is 0.442. The molecule has 1 N–H and O–H groups in total. The summed E-state index contributed by atoms with van der Waals surface area (Å²) < 4.78 is 0. The fourth-order valence-electron chi connectivity index (χ4n) is 2.66. The van der Waals surface area contributed by atoms with Crippen molar-refractivity contribution in [2.45, 2.75) is 6.42 Å². The maximum Gasteiger partial charge on any atom is 0.264 e. The molecule has 0 saturated carbocycles. The van der Waals surface area contributed by atoms with Gasteiger partial charge in [0.1, 0.15) is 0 Å². The number of aliphatic hydroxyl groups is 1. The number of hydrogen-bond acceptors (Lipinski definition) is 6. The number of carbonyl (C=O) groups is 2. The Labute approximate surface area is 131 Å².